The third-order valence-corrected chi connectivity index (χ3v) is 5.68. The van der Waals surface area contributed by atoms with E-state index in [0.717, 1.165) is 37.7 Å². The highest BCUT2D eigenvalue weighted by Crippen LogP contribution is 2.21. The maximum Gasteiger partial charge on any atom is 0.262 e. The van der Waals surface area contributed by atoms with Crippen LogP contribution in [0.15, 0.2) is 73.2 Å². The Hall–Kier alpha value is -4.07. The van der Waals surface area contributed by atoms with Crippen molar-refractivity contribution in [2.75, 3.05) is 47.9 Å². The van der Waals surface area contributed by atoms with E-state index in [9.17, 15) is 4.79 Å². The summed E-state index contributed by atoms with van der Waals surface area (Å²) in [5.74, 6) is 1.24. The topological polar surface area (TPSA) is 75.0 Å². The molecule has 1 saturated heterocycles. The predicted octanol–water partition coefficient (Wildman–Crippen LogP) is 3.38. The van der Waals surface area contributed by atoms with Crippen molar-refractivity contribution in [1.82, 2.24) is 14.4 Å². The summed E-state index contributed by atoms with van der Waals surface area (Å²) < 4.78 is 7.58. The first kappa shape index (κ1) is 20.8. The Balaban J connectivity index is 1.13. The molecule has 0 spiro atoms. The highest BCUT2D eigenvalue weighted by molar-refractivity contribution is 5.91. The van der Waals surface area contributed by atoms with E-state index < -0.39 is 0 Å². The van der Waals surface area contributed by atoms with Crippen molar-refractivity contribution in [2.45, 2.75) is 6.92 Å². The second-order valence-electron chi connectivity index (χ2n) is 8.04. The molecule has 0 atom stereocenters. The molecule has 1 aliphatic rings. The lowest BCUT2D eigenvalue weighted by atomic mass is 10.2. The van der Waals surface area contributed by atoms with Gasteiger partial charge in [0.2, 0.25) is 0 Å². The number of imidazole rings is 1. The van der Waals surface area contributed by atoms with Gasteiger partial charge >= 0.3 is 0 Å². The van der Waals surface area contributed by atoms with Crippen LogP contribution in [0.2, 0.25) is 0 Å². The number of benzene rings is 1. The van der Waals surface area contributed by atoms with Crippen LogP contribution in [0.4, 0.5) is 17.2 Å². The van der Waals surface area contributed by atoms with Gasteiger partial charge in [0, 0.05) is 44.3 Å². The number of piperazine rings is 1. The van der Waals surface area contributed by atoms with Crippen molar-refractivity contribution in [3.05, 3.63) is 78.9 Å². The second kappa shape index (κ2) is 9.20. The number of hydrogen-bond acceptors (Lipinski definition) is 6. The van der Waals surface area contributed by atoms with Crippen molar-refractivity contribution in [3.8, 4) is 5.75 Å². The molecule has 0 saturated carbocycles. The lowest BCUT2D eigenvalue weighted by molar-refractivity contribution is -0.118. The maximum atomic E-state index is 12.4. The zero-order chi connectivity index (χ0) is 22.6. The number of pyridine rings is 2. The molecule has 1 amide bonds. The van der Waals surface area contributed by atoms with Gasteiger partial charge in [-0.1, -0.05) is 18.2 Å². The predicted molar refractivity (Wildman–Crippen MR) is 129 cm³/mol. The molecule has 5 rings (SSSR count). The molecule has 33 heavy (non-hydrogen) atoms. The molecule has 4 heterocycles. The number of carbonyl (C=O) groups excluding carboxylic acids is 1. The molecule has 8 heteroatoms. The minimum atomic E-state index is -0.244. The third-order valence-electron chi connectivity index (χ3n) is 5.68. The average Bonchev–Trinajstić information content (AvgIpc) is 3.25. The molecule has 1 aliphatic heterocycles. The van der Waals surface area contributed by atoms with E-state index in [1.807, 2.05) is 54.0 Å². The molecule has 1 fully saturated rings. The number of amides is 1. The Labute approximate surface area is 192 Å². The van der Waals surface area contributed by atoms with Crippen LogP contribution in [0.1, 0.15) is 5.69 Å². The molecule has 1 N–H and O–H groups in total. The Morgan fingerprint density at radius 1 is 1.00 bits per heavy atom. The summed E-state index contributed by atoms with van der Waals surface area (Å²) in [5.41, 5.74) is 3.49. The molecule has 1 aromatic carbocycles. The number of hydrogen-bond donors (Lipinski definition) is 1. The normalized spacial score (nSPS) is 13.8. The Morgan fingerprint density at radius 3 is 2.55 bits per heavy atom. The number of aromatic nitrogens is 3. The van der Waals surface area contributed by atoms with Gasteiger partial charge in [0.1, 0.15) is 5.82 Å². The quantitative estimate of drug-likeness (QED) is 0.494. The number of nitrogens with zero attached hydrogens (tertiary/aromatic N) is 5. The van der Waals surface area contributed by atoms with Gasteiger partial charge in [-0.15, -0.1) is 0 Å². The van der Waals surface area contributed by atoms with Crippen molar-refractivity contribution < 1.29 is 9.53 Å². The number of anilines is 3. The minimum absolute atomic E-state index is 0.102. The van der Waals surface area contributed by atoms with Crippen LogP contribution in [0, 0.1) is 6.92 Å². The maximum absolute atomic E-state index is 12.4. The van der Waals surface area contributed by atoms with E-state index in [4.69, 9.17) is 4.74 Å². The molecule has 168 valence electrons. The van der Waals surface area contributed by atoms with Crippen molar-refractivity contribution in [3.63, 3.8) is 0 Å². The standard InChI is InChI=1S/C25H26N6O2/c1-19-17-31-11-5-8-22(25(31)27-19)33-18-24(32)28-20-9-10-23(26-16-20)30-14-12-29(13-15-30)21-6-3-2-4-7-21/h2-11,16-17H,12-15,18H2,1H3,(H,28,32). The van der Waals surface area contributed by atoms with E-state index in [1.165, 1.54) is 5.69 Å². The van der Waals surface area contributed by atoms with Crippen LogP contribution in [-0.4, -0.2) is 53.1 Å². The van der Waals surface area contributed by atoms with Crippen LogP contribution in [-0.2, 0) is 4.79 Å². The van der Waals surface area contributed by atoms with Gasteiger partial charge in [-0.25, -0.2) is 9.97 Å². The Bertz CT molecular complexity index is 1230. The smallest absolute Gasteiger partial charge is 0.262 e. The van der Waals surface area contributed by atoms with E-state index in [0.29, 0.717) is 17.1 Å². The summed E-state index contributed by atoms with van der Waals surface area (Å²) in [6.45, 7) is 5.52. The van der Waals surface area contributed by atoms with Gasteiger partial charge in [-0.05, 0) is 43.3 Å². The van der Waals surface area contributed by atoms with Gasteiger partial charge in [-0.3, -0.25) is 4.79 Å². The van der Waals surface area contributed by atoms with Crippen molar-refractivity contribution in [2.24, 2.45) is 0 Å². The summed E-state index contributed by atoms with van der Waals surface area (Å²) in [7, 11) is 0. The van der Waals surface area contributed by atoms with E-state index in [-0.39, 0.29) is 12.5 Å². The highest BCUT2D eigenvalue weighted by atomic mass is 16.5. The summed E-state index contributed by atoms with van der Waals surface area (Å²) in [4.78, 5) is 26.0. The molecule has 4 aromatic rings. The number of para-hydroxylation sites is 1. The minimum Gasteiger partial charge on any atom is -0.480 e. The number of fused-ring (bicyclic) bond motifs is 1. The van der Waals surface area contributed by atoms with Crippen molar-refractivity contribution >= 4 is 28.7 Å². The summed E-state index contributed by atoms with van der Waals surface area (Å²) in [5, 5.41) is 2.84. The third kappa shape index (κ3) is 4.74. The molecular formula is C25H26N6O2. The lowest BCUT2D eigenvalue weighted by Crippen LogP contribution is -2.46. The second-order valence-corrected chi connectivity index (χ2v) is 8.04. The largest absolute Gasteiger partial charge is 0.480 e. The van der Waals surface area contributed by atoms with Crippen molar-refractivity contribution in [1.29, 1.82) is 0 Å². The molecule has 8 nitrogen and oxygen atoms in total. The van der Waals surface area contributed by atoms with Crippen LogP contribution in [0.5, 0.6) is 5.75 Å². The fourth-order valence-corrected chi connectivity index (χ4v) is 4.04. The Kier molecular flexibility index (Phi) is 5.80. The van der Waals surface area contributed by atoms with Gasteiger partial charge < -0.3 is 24.3 Å². The molecule has 0 bridgehead atoms. The number of rotatable bonds is 6. The van der Waals surface area contributed by atoms with Crippen LogP contribution in [0.3, 0.4) is 0 Å². The van der Waals surface area contributed by atoms with Gasteiger partial charge in [0.05, 0.1) is 17.6 Å². The zero-order valence-corrected chi connectivity index (χ0v) is 18.5. The Morgan fingerprint density at radius 2 is 1.79 bits per heavy atom. The molecule has 0 unspecified atom stereocenters. The average molecular weight is 443 g/mol. The van der Waals surface area contributed by atoms with Crippen LogP contribution in [0.25, 0.3) is 5.65 Å². The lowest BCUT2D eigenvalue weighted by Gasteiger charge is -2.36. The van der Waals surface area contributed by atoms with Crippen LogP contribution < -0.4 is 19.9 Å². The molecule has 3 aromatic heterocycles. The van der Waals surface area contributed by atoms with E-state index in [1.54, 1.807) is 6.20 Å². The van der Waals surface area contributed by atoms with E-state index in [2.05, 4.69) is 49.4 Å². The SMILES string of the molecule is Cc1cn2cccc(OCC(=O)Nc3ccc(N4CCN(c5ccccc5)CC4)nc3)c2n1. The number of aryl methyl sites for hydroxylation is 1. The summed E-state index contributed by atoms with van der Waals surface area (Å²) in [6.07, 6.45) is 5.50. The molecule has 0 aliphatic carbocycles. The first-order valence-electron chi connectivity index (χ1n) is 11.0. The van der Waals surface area contributed by atoms with E-state index >= 15 is 0 Å². The van der Waals surface area contributed by atoms with Gasteiger partial charge in [-0.2, -0.15) is 0 Å². The summed E-state index contributed by atoms with van der Waals surface area (Å²) in [6, 6.07) is 18.0. The van der Waals surface area contributed by atoms with Gasteiger partial charge in [0.15, 0.2) is 18.0 Å². The first-order chi connectivity index (χ1) is 16.2. The first-order valence-corrected chi connectivity index (χ1v) is 11.0. The number of ether oxygens (including phenoxy) is 1. The number of nitrogens with one attached hydrogen (secondary N) is 1. The zero-order valence-electron chi connectivity index (χ0n) is 18.5. The highest BCUT2D eigenvalue weighted by Gasteiger charge is 2.18. The molecule has 0 radical (unpaired) electrons. The number of carbonyl (C=O) groups is 1. The monoisotopic (exact) mass is 442 g/mol. The van der Waals surface area contributed by atoms with Gasteiger partial charge in [0.25, 0.3) is 5.91 Å². The molecular weight excluding hydrogens is 416 g/mol. The fraction of sp³-hybridized carbons (Fsp3) is 0.240. The summed E-state index contributed by atoms with van der Waals surface area (Å²) >= 11 is 0. The fourth-order valence-electron chi connectivity index (χ4n) is 4.04. The van der Waals surface area contributed by atoms with Crippen LogP contribution >= 0.6 is 0 Å².